The molecule has 2 aromatic carbocycles. The van der Waals surface area contributed by atoms with Gasteiger partial charge in [-0.3, -0.25) is 4.79 Å². The van der Waals surface area contributed by atoms with Gasteiger partial charge in [-0.2, -0.15) is 0 Å². The Balaban J connectivity index is 1.46. The Morgan fingerprint density at radius 1 is 1.17 bits per heavy atom. The van der Waals surface area contributed by atoms with Crippen LogP contribution in [0.1, 0.15) is 31.1 Å². The third-order valence-corrected chi connectivity index (χ3v) is 4.71. The van der Waals surface area contributed by atoms with Crippen molar-refractivity contribution in [3.63, 3.8) is 0 Å². The number of rotatable bonds is 9. The number of hydrogen-bond donors (Lipinski definition) is 2. The van der Waals surface area contributed by atoms with E-state index in [0.29, 0.717) is 28.9 Å². The molecule has 1 unspecified atom stereocenters. The van der Waals surface area contributed by atoms with E-state index < -0.39 is 6.10 Å². The van der Waals surface area contributed by atoms with Crippen molar-refractivity contribution in [3.05, 3.63) is 48.0 Å². The lowest BCUT2D eigenvalue weighted by atomic mass is 10.1. The maximum absolute atomic E-state index is 12.3. The molecule has 2 aromatic rings. The fourth-order valence-corrected chi connectivity index (χ4v) is 3.18. The first-order chi connectivity index (χ1) is 14.0. The highest BCUT2D eigenvalue weighted by atomic mass is 16.7. The van der Waals surface area contributed by atoms with E-state index in [2.05, 4.69) is 31.0 Å². The molecule has 3 rings (SSSR count). The first-order valence-electron chi connectivity index (χ1n) is 9.83. The molecule has 1 heterocycles. The number of amides is 1. The van der Waals surface area contributed by atoms with Crippen LogP contribution in [0.2, 0.25) is 0 Å². The third kappa shape index (κ3) is 5.32. The standard InChI is InChI=1S/C22H28N2O5/c1-4-24(15(2)3)17-7-5-16(6-8-17)22(26)23-12-18(25)13-27-19-9-10-20-21(11-19)29-14-28-20/h5-11,15,18,25H,4,12-14H2,1-3H3,(H,23,26). The normalized spacial score (nSPS) is 13.3. The molecule has 0 aliphatic carbocycles. The van der Waals surface area contributed by atoms with Crippen molar-refractivity contribution in [2.24, 2.45) is 0 Å². The van der Waals surface area contributed by atoms with E-state index in [-0.39, 0.29) is 25.9 Å². The second kappa shape index (κ2) is 9.52. The Bertz CT molecular complexity index is 822. The summed E-state index contributed by atoms with van der Waals surface area (Å²) >= 11 is 0. The minimum Gasteiger partial charge on any atom is -0.491 e. The van der Waals surface area contributed by atoms with Gasteiger partial charge < -0.3 is 29.5 Å². The van der Waals surface area contributed by atoms with Crippen molar-refractivity contribution in [1.82, 2.24) is 5.32 Å². The fourth-order valence-electron chi connectivity index (χ4n) is 3.18. The number of aliphatic hydroxyl groups is 1. The van der Waals surface area contributed by atoms with Crippen molar-refractivity contribution in [2.45, 2.75) is 32.9 Å². The van der Waals surface area contributed by atoms with Crippen LogP contribution in [-0.2, 0) is 0 Å². The van der Waals surface area contributed by atoms with Crippen LogP contribution in [-0.4, -0.2) is 49.6 Å². The average Bonchev–Trinajstić information content (AvgIpc) is 3.19. The highest BCUT2D eigenvalue weighted by Crippen LogP contribution is 2.35. The smallest absolute Gasteiger partial charge is 0.251 e. The summed E-state index contributed by atoms with van der Waals surface area (Å²) in [4.78, 5) is 14.6. The first-order valence-corrected chi connectivity index (χ1v) is 9.83. The van der Waals surface area contributed by atoms with Gasteiger partial charge in [-0.05, 0) is 57.2 Å². The summed E-state index contributed by atoms with van der Waals surface area (Å²) < 4.78 is 16.1. The predicted octanol–water partition coefficient (Wildman–Crippen LogP) is 2.82. The van der Waals surface area contributed by atoms with E-state index in [0.717, 1.165) is 12.2 Å². The van der Waals surface area contributed by atoms with E-state index in [4.69, 9.17) is 14.2 Å². The van der Waals surface area contributed by atoms with Crippen LogP contribution in [0.3, 0.4) is 0 Å². The van der Waals surface area contributed by atoms with E-state index in [1.165, 1.54) is 0 Å². The topological polar surface area (TPSA) is 80.3 Å². The van der Waals surface area contributed by atoms with Gasteiger partial charge in [-0.1, -0.05) is 0 Å². The van der Waals surface area contributed by atoms with Gasteiger partial charge >= 0.3 is 0 Å². The van der Waals surface area contributed by atoms with Gasteiger partial charge in [0.1, 0.15) is 18.5 Å². The number of benzene rings is 2. The predicted molar refractivity (Wildman–Crippen MR) is 111 cm³/mol. The summed E-state index contributed by atoms with van der Waals surface area (Å²) in [5.74, 6) is 1.63. The Hall–Kier alpha value is -2.93. The van der Waals surface area contributed by atoms with Crippen LogP contribution in [0, 0.1) is 0 Å². The van der Waals surface area contributed by atoms with Gasteiger partial charge in [0, 0.05) is 36.4 Å². The number of carbonyl (C=O) groups is 1. The van der Waals surface area contributed by atoms with Crippen molar-refractivity contribution in [2.75, 3.05) is 31.4 Å². The Kier molecular flexibility index (Phi) is 6.82. The number of anilines is 1. The maximum Gasteiger partial charge on any atom is 0.251 e. The molecule has 0 aromatic heterocycles. The summed E-state index contributed by atoms with van der Waals surface area (Å²) in [6.07, 6.45) is -0.833. The number of nitrogens with one attached hydrogen (secondary N) is 1. The second-order valence-electron chi connectivity index (χ2n) is 7.12. The molecule has 0 spiro atoms. The highest BCUT2D eigenvalue weighted by molar-refractivity contribution is 5.94. The van der Waals surface area contributed by atoms with Crippen LogP contribution in [0.15, 0.2) is 42.5 Å². The van der Waals surface area contributed by atoms with Gasteiger partial charge in [-0.15, -0.1) is 0 Å². The molecule has 2 N–H and O–H groups in total. The van der Waals surface area contributed by atoms with Crippen molar-refractivity contribution >= 4 is 11.6 Å². The molecule has 29 heavy (non-hydrogen) atoms. The summed E-state index contributed by atoms with van der Waals surface area (Å²) in [5, 5.41) is 12.8. The van der Waals surface area contributed by atoms with Gasteiger partial charge in [0.15, 0.2) is 11.5 Å². The number of hydrogen-bond acceptors (Lipinski definition) is 6. The number of nitrogens with zero attached hydrogens (tertiary/aromatic N) is 1. The van der Waals surface area contributed by atoms with E-state index >= 15 is 0 Å². The molecule has 0 bridgehead atoms. The molecule has 0 fully saturated rings. The summed E-state index contributed by atoms with van der Waals surface area (Å²) in [7, 11) is 0. The minimum atomic E-state index is -0.833. The number of fused-ring (bicyclic) bond motifs is 1. The van der Waals surface area contributed by atoms with Crippen LogP contribution < -0.4 is 24.4 Å². The van der Waals surface area contributed by atoms with Gasteiger partial charge in [-0.25, -0.2) is 0 Å². The number of ether oxygens (including phenoxy) is 3. The summed E-state index contributed by atoms with van der Waals surface area (Å²) in [6.45, 7) is 7.63. The average molecular weight is 400 g/mol. The van der Waals surface area contributed by atoms with E-state index in [1.54, 1.807) is 30.3 Å². The summed E-state index contributed by atoms with van der Waals surface area (Å²) in [6, 6.07) is 13.1. The molecular weight excluding hydrogens is 372 g/mol. The lowest BCUT2D eigenvalue weighted by molar-refractivity contribution is 0.0843. The molecule has 7 heteroatoms. The first kappa shape index (κ1) is 20.8. The van der Waals surface area contributed by atoms with Crippen LogP contribution in [0.5, 0.6) is 17.2 Å². The molecule has 1 aliphatic heterocycles. The minimum absolute atomic E-state index is 0.0543. The number of carbonyl (C=O) groups excluding carboxylic acids is 1. The van der Waals surface area contributed by atoms with Crippen molar-refractivity contribution < 1.29 is 24.1 Å². The van der Waals surface area contributed by atoms with E-state index in [9.17, 15) is 9.90 Å². The second-order valence-corrected chi connectivity index (χ2v) is 7.12. The van der Waals surface area contributed by atoms with Crippen molar-refractivity contribution in [3.8, 4) is 17.2 Å². The molecule has 0 saturated heterocycles. The monoisotopic (exact) mass is 400 g/mol. The third-order valence-electron chi connectivity index (χ3n) is 4.71. The maximum atomic E-state index is 12.3. The zero-order valence-corrected chi connectivity index (χ0v) is 17.1. The zero-order chi connectivity index (χ0) is 20.8. The Labute approximate surface area is 171 Å². The van der Waals surface area contributed by atoms with Crippen LogP contribution >= 0.6 is 0 Å². The molecule has 156 valence electrons. The molecule has 0 saturated carbocycles. The fraction of sp³-hybridized carbons (Fsp3) is 0.409. The number of aliphatic hydroxyl groups excluding tert-OH is 1. The van der Waals surface area contributed by atoms with Crippen LogP contribution in [0.4, 0.5) is 5.69 Å². The van der Waals surface area contributed by atoms with Gasteiger partial charge in [0.05, 0.1) is 0 Å². The molecule has 1 amide bonds. The molecular formula is C22H28N2O5. The van der Waals surface area contributed by atoms with Crippen molar-refractivity contribution in [1.29, 1.82) is 0 Å². The molecule has 1 atom stereocenters. The highest BCUT2D eigenvalue weighted by Gasteiger charge is 2.15. The summed E-state index contributed by atoms with van der Waals surface area (Å²) in [5.41, 5.74) is 1.63. The van der Waals surface area contributed by atoms with Gasteiger partial charge in [0.2, 0.25) is 6.79 Å². The molecule has 1 aliphatic rings. The zero-order valence-electron chi connectivity index (χ0n) is 17.1. The Morgan fingerprint density at radius 3 is 2.59 bits per heavy atom. The lowest BCUT2D eigenvalue weighted by Crippen LogP contribution is -2.35. The SMILES string of the molecule is CCN(c1ccc(C(=O)NCC(O)COc2ccc3c(c2)OCO3)cc1)C(C)C. The Morgan fingerprint density at radius 2 is 1.90 bits per heavy atom. The largest absolute Gasteiger partial charge is 0.491 e. The molecule has 0 radical (unpaired) electrons. The van der Waals surface area contributed by atoms with Gasteiger partial charge in [0.25, 0.3) is 5.91 Å². The molecule has 7 nitrogen and oxygen atoms in total. The van der Waals surface area contributed by atoms with E-state index in [1.807, 2.05) is 12.1 Å². The van der Waals surface area contributed by atoms with Crippen LogP contribution in [0.25, 0.3) is 0 Å². The lowest BCUT2D eigenvalue weighted by Gasteiger charge is -2.27. The quantitative estimate of drug-likeness (QED) is 0.674.